The molecule has 0 aliphatic heterocycles. The Labute approximate surface area is 134 Å². The largest absolute Gasteiger partial charge is 0.416 e. The van der Waals surface area contributed by atoms with Crippen LogP contribution in [0.2, 0.25) is 0 Å². The van der Waals surface area contributed by atoms with E-state index in [9.17, 15) is 18.4 Å². The highest BCUT2D eigenvalue weighted by Gasteiger charge is 2.30. The van der Waals surface area contributed by atoms with E-state index in [0.717, 1.165) is 22.3 Å². The highest BCUT2D eigenvalue weighted by molar-refractivity contribution is 7.19. The summed E-state index contributed by atoms with van der Waals surface area (Å²) in [5, 5.41) is 9.81. The molecule has 3 rings (SSSR count). The van der Waals surface area contributed by atoms with Crippen molar-refractivity contribution >= 4 is 33.2 Å². The Bertz CT molecular complexity index is 900. The normalized spacial score (nSPS) is 12.3. The van der Waals surface area contributed by atoms with Gasteiger partial charge in [-0.3, -0.25) is 0 Å². The number of alkyl halides is 3. The predicted octanol–water partition coefficient (Wildman–Crippen LogP) is 5.38. The molecule has 0 bridgehead atoms. The number of para-hydroxylation sites is 1. The number of rotatable bonds is 2. The molecule has 0 N–H and O–H groups in total. The minimum Gasteiger partial charge on any atom is -0.235 e. The second kappa shape index (κ2) is 5.86. The number of hydrogen-bond donors (Lipinski definition) is 0. The molecule has 0 radical (unpaired) electrons. The van der Waals surface area contributed by atoms with Crippen molar-refractivity contribution < 1.29 is 13.2 Å². The van der Waals surface area contributed by atoms with Crippen molar-refractivity contribution in [1.82, 2.24) is 4.98 Å². The van der Waals surface area contributed by atoms with Gasteiger partial charge < -0.3 is 0 Å². The Hall–Kier alpha value is -2.65. The van der Waals surface area contributed by atoms with Gasteiger partial charge in [0.15, 0.2) is 0 Å². The zero-order valence-corrected chi connectivity index (χ0v) is 12.4. The third-order valence-corrected chi connectivity index (χ3v) is 4.24. The zero-order valence-electron chi connectivity index (χ0n) is 11.6. The molecular weight excluding hydrogens is 321 g/mol. The Morgan fingerprint density at radius 3 is 2.61 bits per heavy atom. The van der Waals surface area contributed by atoms with Crippen LogP contribution in [0.25, 0.3) is 21.9 Å². The minimum absolute atomic E-state index is 0.241. The first-order chi connectivity index (χ1) is 11.0. The Kier molecular flexibility index (Phi) is 3.89. The summed E-state index contributed by atoms with van der Waals surface area (Å²) in [6.45, 7) is 0. The van der Waals surface area contributed by atoms with E-state index in [1.165, 1.54) is 29.5 Å². The number of halogens is 3. The van der Waals surface area contributed by atoms with Gasteiger partial charge in [0.2, 0.25) is 0 Å². The summed E-state index contributed by atoms with van der Waals surface area (Å²) in [5.74, 6) is 0. The maximum atomic E-state index is 12.8. The molecule has 0 amide bonds. The molecule has 2 nitrogen and oxygen atoms in total. The van der Waals surface area contributed by atoms with Crippen LogP contribution in [0.3, 0.4) is 0 Å². The molecule has 3 aromatic rings. The van der Waals surface area contributed by atoms with Crippen LogP contribution in [0.5, 0.6) is 0 Å². The van der Waals surface area contributed by atoms with E-state index in [-0.39, 0.29) is 5.57 Å². The van der Waals surface area contributed by atoms with Gasteiger partial charge in [0.25, 0.3) is 0 Å². The first kappa shape index (κ1) is 15.3. The van der Waals surface area contributed by atoms with Gasteiger partial charge in [0.1, 0.15) is 11.1 Å². The van der Waals surface area contributed by atoms with Crippen molar-refractivity contribution in [3.63, 3.8) is 0 Å². The van der Waals surface area contributed by atoms with E-state index in [4.69, 9.17) is 0 Å². The van der Waals surface area contributed by atoms with E-state index >= 15 is 0 Å². The number of hydrogen-bond acceptors (Lipinski definition) is 3. The lowest BCUT2D eigenvalue weighted by atomic mass is 10.1. The number of thiazole rings is 1. The highest BCUT2D eigenvalue weighted by Crippen LogP contribution is 2.31. The van der Waals surface area contributed by atoms with Gasteiger partial charge in [-0.15, -0.1) is 11.3 Å². The summed E-state index contributed by atoms with van der Waals surface area (Å²) in [6.07, 6.45) is -2.99. The van der Waals surface area contributed by atoms with E-state index in [0.29, 0.717) is 10.6 Å². The molecular formula is C17H9F3N2S. The summed E-state index contributed by atoms with van der Waals surface area (Å²) in [5.41, 5.74) is 0.576. The van der Waals surface area contributed by atoms with Crippen LogP contribution >= 0.6 is 11.3 Å². The van der Waals surface area contributed by atoms with Crippen LogP contribution in [0.15, 0.2) is 48.5 Å². The molecule has 0 aliphatic carbocycles. The van der Waals surface area contributed by atoms with Gasteiger partial charge in [0.05, 0.1) is 21.4 Å². The van der Waals surface area contributed by atoms with Gasteiger partial charge >= 0.3 is 6.18 Å². The Morgan fingerprint density at radius 1 is 1.13 bits per heavy atom. The molecule has 0 atom stereocenters. The van der Waals surface area contributed by atoms with Crippen LogP contribution in [0.1, 0.15) is 16.1 Å². The Morgan fingerprint density at radius 2 is 1.91 bits per heavy atom. The van der Waals surface area contributed by atoms with E-state index in [1.54, 1.807) is 0 Å². The second-order valence-corrected chi connectivity index (χ2v) is 5.81. The lowest BCUT2D eigenvalue weighted by Crippen LogP contribution is -2.04. The molecule has 0 saturated carbocycles. The highest BCUT2D eigenvalue weighted by atomic mass is 32.1. The third kappa shape index (κ3) is 3.25. The average Bonchev–Trinajstić information content (AvgIpc) is 2.96. The van der Waals surface area contributed by atoms with E-state index in [2.05, 4.69) is 4.98 Å². The molecule has 114 valence electrons. The number of allylic oxidation sites excluding steroid dienone is 1. The summed E-state index contributed by atoms with van der Waals surface area (Å²) >= 11 is 1.33. The fraction of sp³-hybridized carbons (Fsp3) is 0.0588. The number of benzene rings is 2. The fourth-order valence-corrected chi connectivity index (χ4v) is 3.03. The molecule has 23 heavy (non-hydrogen) atoms. The zero-order chi connectivity index (χ0) is 16.4. The minimum atomic E-state index is -4.41. The summed E-state index contributed by atoms with van der Waals surface area (Å²) in [7, 11) is 0. The first-order valence-corrected chi connectivity index (χ1v) is 7.44. The molecule has 0 aliphatic rings. The average molecular weight is 330 g/mol. The smallest absolute Gasteiger partial charge is 0.235 e. The second-order valence-electron chi connectivity index (χ2n) is 4.78. The quantitative estimate of drug-likeness (QED) is 0.592. The van der Waals surface area contributed by atoms with Gasteiger partial charge in [-0.1, -0.05) is 24.3 Å². The van der Waals surface area contributed by atoms with E-state index < -0.39 is 11.7 Å². The number of nitrogens with zero attached hydrogens (tertiary/aromatic N) is 2. The number of aromatic nitrogens is 1. The molecule has 0 saturated heterocycles. The molecule has 2 aromatic carbocycles. The summed E-state index contributed by atoms with van der Waals surface area (Å²) in [6, 6.07) is 14.3. The van der Waals surface area contributed by atoms with E-state index in [1.807, 2.05) is 30.3 Å². The SMILES string of the molecule is N#CC(=Cc1cccc(C(F)(F)F)c1)c1nc2ccccc2s1. The maximum absolute atomic E-state index is 12.8. The van der Waals surface area contributed by atoms with Crippen molar-refractivity contribution in [3.05, 3.63) is 64.7 Å². The van der Waals surface area contributed by atoms with Gasteiger partial charge in [-0.25, -0.2) is 4.98 Å². The fourth-order valence-electron chi connectivity index (χ4n) is 2.10. The lowest BCUT2D eigenvalue weighted by molar-refractivity contribution is -0.137. The van der Waals surface area contributed by atoms with Gasteiger partial charge in [-0.05, 0) is 35.9 Å². The summed E-state index contributed by atoms with van der Waals surface area (Å²) < 4.78 is 39.2. The summed E-state index contributed by atoms with van der Waals surface area (Å²) in [4.78, 5) is 4.36. The molecule has 1 aromatic heterocycles. The number of nitriles is 1. The molecule has 0 spiro atoms. The van der Waals surface area contributed by atoms with Crippen LogP contribution in [0, 0.1) is 11.3 Å². The lowest BCUT2D eigenvalue weighted by Gasteiger charge is -2.06. The molecule has 6 heteroatoms. The van der Waals surface area contributed by atoms with Crippen LogP contribution < -0.4 is 0 Å². The predicted molar refractivity (Wildman–Crippen MR) is 84.5 cm³/mol. The Balaban J connectivity index is 2.04. The topological polar surface area (TPSA) is 36.7 Å². The van der Waals surface area contributed by atoms with Crippen LogP contribution in [0.4, 0.5) is 13.2 Å². The van der Waals surface area contributed by atoms with Crippen molar-refractivity contribution in [2.45, 2.75) is 6.18 Å². The van der Waals surface area contributed by atoms with Crippen molar-refractivity contribution in [3.8, 4) is 6.07 Å². The molecule has 0 unspecified atom stereocenters. The van der Waals surface area contributed by atoms with Crippen LogP contribution in [-0.2, 0) is 6.18 Å². The van der Waals surface area contributed by atoms with Gasteiger partial charge in [0, 0.05) is 0 Å². The molecule has 0 fully saturated rings. The van der Waals surface area contributed by atoms with Crippen LogP contribution in [-0.4, -0.2) is 4.98 Å². The van der Waals surface area contributed by atoms with Crippen molar-refractivity contribution in [2.24, 2.45) is 0 Å². The van der Waals surface area contributed by atoms with Crippen molar-refractivity contribution in [2.75, 3.05) is 0 Å². The number of fused-ring (bicyclic) bond motifs is 1. The standard InChI is InChI=1S/C17H9F3N2S/c18-17(19,20)13-5-3-4-11(9-13)8-12(10-21)16-22-14-6-1-2-7-15(14)23-16/h1-9H. The van der Waals surface area contributed by atoms with Crippen molar-refractivity contribution in [1.29, 1.82) is 5.26 Å². The third-order valence-electron chi connectivity index (χ3n) is 3.17. The molecule has 1 heterocycles. The first-order valence-electron chi connectivity index (χ1n) is 6.62. The monoisotopic (exact) mass is 330 g/mol. The maximum Gasteiger partial charge on any atom is 0.416 e. The van der Waals surface area contributed by atoms with Gasteiger partial charge in [-0.2, -0.15) is 18.4 Å².